The van der Waals surface area contributed by atoms with E-state index >= 15 is 0 Å². The summed E-state index contributed by atoms with van der Waals surface area (Å²) in [6.45, 7) is 0.0221. The molecule has 1 fully saturated rings. The maximum absolute atomic E-state index is 11.3. The summed E-state index contributed by atoms with van der Waals surface area (Å²) >= 11 is 0. The van der Waals surface area contributed by atoms with Crippen LogP contribution in [0.2, 0.25) is 0 Å². The lowest BCUT2D eigenvalue weighted by atomic mass is 10.2. The van der Waals surface area contributed by atoms with Crippen LogP contribution in [0.5, 0.6) is 0 Å². The molecule has 5 heteroatoms. The summed E-state index contributed by atoms with van der Waals surface area (Å²) in [5.74, 6) is -0.293. The zero-order chi connectivity index (χ0) is 10.8. The Morgan fingerprint density at radius 1 is 1.20 bits per heavy atom. The Morgan fingerprint density at radius 3 is 2.33 bits per heavy atom. The molecule has 15 heavy (non-hydrogen) atoms. The average Bonchev–Trinajstić information content (AvgIpc) is 2.59. The fourth-order valence-corrected chi connectivity index (χ4v) is 1.39. The van der Waals surface area contributed by atoms with Crippen LogP contribution >= 0.6 is 0 Å². The highest BCUT2D eigenvalue weighted by molar-refractivity contribution is 6.19. The van der Waals surface area contributed by atoms with Crippen molar-refractivity contribution in [3.63, 3.8) is 0 Å². The monoisotopic (exact) mass is 204 g/mol. The van der Waals surface area contributed by atoms with Crippen LogP contribution in [0.1, 0.15) is 10.4 Å². The van der Waals surface area contributed by atoms with Gasteiger partial charge in [-0.3, -0.25) is 9.59 Å². The Balaban J connectivity index is 2.32. The highest BCUT2D eigenvalue weighted by atomic mass is 16.2. The standard InChI is InChI=1S/C10H8N2O3/c13-6-7-1-3-8(4-2-7)12-9(14)5-11-10(12)15/h1-4,6H,5H2,(H,11,15). The molecule has 76 valence electrons. The van der Waals surface area contributed by atoms with E-state index in [0.29, 0.717) is 17.5 Å². The number of carbonyl (C=O) groups is 3. The summed E-state index contributed by atoms with van der Waals surface area (Å²) in [5, 5.41) is 2.41. The third-order valence-corrected chi connectivity index (χ3v) is 2.13. The average molecular weight is 204 g/mol. The lowest BCUT2D eigenvalue weighted by Gasteiger charge is -2.11. The molecule has 1 aromatic rings. The molecule has 1 N–H and O–H groups in total. The number of nitrogens with one attached hydrogen (secondary N) is 1. The summed E-state index contributed by atoms with van der Waals surface area (Å²) in [5.41, 5.74) is 0.978. The molecule has 5 nitrogen and oxygen atoms in total. The smallest absolute Gasteiger partial charge is 0.328 e. The molecule has 0 radical (unpaired) electrons. The first-order valence-electron chi connectivity index (χ1n) is 4.38. The minimum atomic E-state index is -0.432. The van der Waals surface area contributed by atoms with Crippen molar-refractivity contribution in [1.82, 2.24) is 5.32 Å². The Kier molecular flexibility index (Phi) is 2.21. The van der Waals surface area contributed by atoms with Crippen molar-refractivity contribution in [3.8, 4) is 0 Å². The Labute approximate surface area is 85.7 Å². The fourth-order valence-electron chi connectivity index (χ4n) is 1.39. The number of nitrogens with zero attached hydrogens (tertiary/aromatic N) is 1. The number of imide groups is 1. The topological polar surface area (TPSA) is 66.5 Å². The second kappa shape index (κ2) is 3.53. The van der Waals surface area contributed by atoms with E-state index in [1.54, 1.807) is 24.3 Å². The van der Waals surface area contributed by atoms with Crippen LogP contribution in [0.4, 0.5) is 10.5 Å². The quantitative estimate of drug-likeness (QED) is 0.565. The van der Waals surface area contributed by atoms with E-state index in [4.69, 9.17) is 0 Å². The Morgan fingerprint density at radius 2 is 1.87 bits per heavy atom. The molecule has 0 aromatic heterocycles. The van der Waals surface area contributed by atoms with E-state index < -0.39 is 6.03 Å². The number of carbonyl (C=O) groups excluding carboxylic acids is 3. The third-order valence-electron chi connectivity index (χ3n) is 2.13. The van der Waals surface area contributed by atoms with Crippen molar-refractivity contribution in [2.45, 2.75) is 0 Å². The third kappa shape index (κ3) is 1.59. The van der Waals surface area contributed by atoms with Crippen LogP contribution < -0.4 is 10.2 Å². The SMILES string of the molecule is O=Cc1ccc(N2C(=O)CNC2=O)cc1. The maximum atomic E-state index is 11.3. The molecule has 1 aliphatic heterocycles. The zero-order valence-electron chi connectivity index (χ0n) is 7.77. The van der Waals surface area contributed by atoms with Gasteiger partial charge in [-0.2, -0.15) is 0 Å². The molecule has 0 atom stereocenters. The molecule has 1 aromatic carbocycles. The van der Waals surface area contributed by atoms with Gasteiger partial charge in [0, 0.05) is 5.56 Å². The van der Waals surface area contributed by atoms with E-state index in [1.165, 1.54) is 0 Å². The highest BCUT2D eigenvalue weighted by Gasteiger charge is 2.29. The molecular formula is C10H8N2O3. The molecule has 1 saturated heterocycles. The molecule has 0 unspecified atom stereocenters. The minimum Gasteiger partial charge on any atom is -0.328 e. The summed E-state index contributed by atoms with van der Waals surface area (Å²) in [6.07, 6.45) is 0.704. The van der Waals surface area contributed by atoms with E-state index in [1.807, 2.05) is 0 Å². The molecule has 3 amide bonds. The van der Waals surface area contributed by atoms with Gasteiger partial charge < -0.3 is 5.32 Å². The predicted octanol–water partition coefficient (Wildman–Crippen LogP) is 0.555. The van der Waals surface area contributed by atoms with E-state index in [2.05, 4.69) is 5.32 Å². The van der Waals surface area contributed by atoms with Crippen molar-refractivity contribution < 1.29 is 14.4 Å². The maximum Gasteiger partial charge on any atom is 0.329 e. The van der Waals surface area contributed by atoms with Crippen LogP contribution in [0.25, 0.3) is 0 Å². The van der Waals surface area contributed by atoms with Crippen molar-refractivity contribution in [2.24, 2.45) is 0 Å². The van der Waals surface area contributed by atoms with Gasteiger partial charge in [0.1, 0.15) is 6.29 Å². The van der Waals surface area contributed by atoms with Crippen LogP contribution in [0.3, 0.4) is 0 Å². The summed E-state index contributed by atoms with van der Waals surface area (Å²) < 4.78 is 0. The van der Waals surface area contributed by atoms with Gasteiger partial charge in [0.25, 0.3) is 5.91 Å². The number of urea groups is 1. The number of hydrogen-bond acceptors (Lipinski definition) is 3. The summed E-state index contributed by atoms with van der Waals surface area (Å²) in [7, 11) is 0. The predicted molar refractivity (Wildman–Crippen MR) is 52.7 cm³/mol. The number of amides is 3. The van der Waals surface area contributed by atoms with Gasteiger partial charge in [-0.25, -0.2) is 9.69 Å². The molecule has 1 heterocycles. The van der Waals surface area contributed by atoms with E-state index in [-0.39, 0.29) is 12.5 Å². The van der Waals surface area contributed by atoms with Gasteiger partial charge in [0.05, 0.1) is 12.2 Å². The van der Waals surface area contributed by atoms with Gasteiger partial charge in [-0.05, 0) is 24.3 Å². The Hall–Kier alpha value is -2.17. The molecule has 0 aliphatic carbocycles. The number of anilines is 1. The molecule has 2 rings (SSSR count). The van der Waals surface area contributed by atoms with Crippen molar-refractivity contribution in [2.75, 3.05) is 11.4 Å². The van der Waals surface area contributed by atoms with Crippen molar-refractivity contribution >= 4 is 23.9 Å². The number of benzene rings is 1. The van der Waals surface area contributed by atoms with Crippen molar-refractivity contribution in [1.29, 1.82) is 0 Å². The minimum absolute atomic E-state index is 0.0221. The van der Waals surface area contributed by atoms with Gasteiger partial charge in [-0.15, -0.1) is 0 Å². The first-order chi connectivity index (χ1) is 7.22. The van der Waals surface area contributed by atoms with Crippen molar-refractivity contribution in [3.05, 3.63) is 29.8 Å². The van der Waals surface area contributed by atoms with Gasteiger partial charge in [-0.1, -0.05) is 0 Å². The first kappa shape index (κ1) is 9.39. The number of hydrogen-bond donors (Lipinski definition) is 1. The lowest BCUT2D eigenvalue weighted by Crippen LogP contribution is -2.30. The second-order valence-electron chi connectivity index (χ2n) is 3.10. The molecular weight excluding hydrogens is 196 g/mol. The van der Waals surface area contributed by atoms with Gasteiger partial charge >= 0.3 is 6.03 Å². The molecule has 0 bridgehead atoms. The molecule has 0 saturated carbocycles. The number of rotatable bonds is 2. The summed E-state index contributed by atoms with van der Waals surface area (Å²) in [4.78, 5) is 34.0. The van der Waals surface area contributed by atoms with Gasteiger partial charge in [0.2, 0.25) is 0 Å². The zero-order valence-corrected chi connectivity index (χ0v) is 7.77. The first-order valence-corrected chi connectivity index (χ1v) is 4.38. The largest absolute Gasteiger partial charge is 0.329 e. The normalized spacial score (nSPS) is 15.3. The Bertz CT molecular complexity index is 409. The van der Waals surface area contributed by atoms with Gasteiger partial charge in [0.15, 0.2) is 0 Å². The second-order valence-corrected chi connectivity index (χ2v) is 3.10. The molecule has 0 spiro atoms. The molecule has 1 aliphatic rings. The van der Waals surface area contributed by atoms with E-state index in [0.717, 1.165) is 4.90 Å². The highest BCUT2D eigenvalue weighted by Crippen LogP contribution is 2.17. The lowest BCUT2D eigenvalue weighted by molar-refractivity contribution is -0.115. The van der Waals surface area contributed by atoms with E-state index in [9.17, 15) is 14.4 Å². The fraction of sp³-hybridized carbons (Fsp3) is 0.100. The number of aldehydes is 1. The van der Waals surface area contributed by atoms with Crippen LogP contribution in [-0.2, 0) is 4.79 Å². The van der Waals surface area contributed by atoms with Crippen LogP contribution in [0, 0.1) is 0 Å². The van der Waals surface area contributed by atoms with Crippen LogP contribution in [0.15, 0.2) is 24.3 Å². The summed E-state index contributed by atoms with van der Waals surface area (Å²) in [6, 6.07) is 5.81. The van der Waals surface area contributed by atoms with Crippen LogP contribution in [-0.4, -0.2) is 24.8 Å².